The molecule has 0 aliphatic rings. The normalized spacial score (nSPS) is 11.6. The van der Waals surface area contributed by atoms with Crippen molar-refractivity contribution < 1.29 is 0 Å². The Morgan fingerprint density at radius 1 is 1.36 bits per heavy atom. The summed E-state index contributed by atoms with van der Waals surface area (Å²) in [5.74, 6) is 2.11. The van der Waals surface area contributed by atoms with Crippen molar-refractivity contribution in [2.45, 2.75) is 5.82 Å². The molecule has 0 heterocycles. The summed E-state index contributed by atoms with van der Waals surface area (Å²) < 4.78 is 0.962. The zero-order valence-electron chi connectivity index (χ0n) is 6.25. The number of hydrogen-bond donors (Lipinski definition) is 0. The van der Waals surface area contributed by atoms with E-state index in [1.807, 2.05) is 36.4 Å². The van der Waals surface area contributed by atoms with E-state index in [1.165, 1.54) is 5.56 Å². The van der Waals surface area contributed by atoms with Crippen molar-refractivity contribution in [2.24, 2.45) is 0 Å². The molecule has 0 unspecified atom stereocenters. The fourth-order valence-corrected chi connectivity index (χ4v) is 1.40. The van der Waals surface area contributed by atoms with Crippen molar-refractivity contribution in [3.05, 3.63) is 39.8 Å². The number of hydrogen-bond acceptors (Lipinski definition) is 0. The van der Waals surface area contributed by atoms with Gasteiger partial charge in [-0.3, -0.25) is 0 Å². The van der Waals surface area contributed by atoms with Gasteiger partial charge in [-0.1, -0.05) is 0 Å². The van der Waals surface area contributed by atoms with Gasteiger partial charge in [-0.25, -0.2) is 0 Å². The Balaban J connectivity index is 2.79. The molecule has 0 aromatic heterocycles. The Kier molecular flexibility index (Phi) is 3.71. The van der Waals surface area contributed by atoms with E-state index in [4.69, 9.17) is 11.6 Å². The van der Waals surface area contributed by atoms with Gasteiger partial charge in [-0.05, 0) is 0 Å². The Hall–Kier alpha value is -0.231. The molecule has 0 spiro atoms. The van der Waals surface area contributed by atoms with Gasteiger partial charge in [0.2, 0.25) is 0 Å². The summed E-state index contributed by atoms with van der Waals surface area (Å²) in [4.78, 5) is 0. The predicted octanol–water partition coefficient (Wildman–Crippen LogP) is 2.98. The van der Waals surface area contributed by atoms with Crippen LogP contribution >= 0.6 is 11.6 Å². The van der Waals surface area contributed by atoms with Crippen LogP contribution in [0.25, 0.3) is 6.08 Å². The van der Waals surface area contributed by atoms with Crippen molar-refractivity contribution in [2.75, 3.05) is 0 Å². The summed E-state index contributed by atoms with van der Waals surface area (Å²) in [7, 11) is 0. The number of rotatable bonds is 2. The Labute approximate surface area is 78.4 Å². The second kappa shape index (κ2) is 4.61. The molecule has 11 heavy (non-hydrogen) atoms. The fourth-order valence-electron chi connectivity index (χ4n) is 0.739. The van der Waals surface area contributed by atoms with Gasteiger partial charge in [0.25, 0.3) is 0 Å². The van der Waals surface area contributed by atoms with E-state index in [9.17, 15) is 0 Å². The first-order valence-electron chi connectivity index (χ1n) is 3.29. The topological polar surface area (TPSA) is 0 Å². The number of halogens is 1. The van der Waals surface area contributed by atoms with Crippen LogP contribution in [-0.2, 0) is 0 Å². The van der Waals surface area contributed by atoms with Gasteiger partial charge in [0.1, 0.15) is 0 Å². The Morgan fingerprint density at radius 3 is 2.55 bits per heavy atom. The zero-order chi connectivity index (χ0) is 8.10. The molecule has 0 nitrogen and oxygen atoms in total. The summed E-state index contributed by atoms with van der Waals surface area (Å²) >= 11 is 6.30. The van der Waals surface area contributed by atoms with Crippen LogP contribution < -0.4 is 0 Å². The summed E-state index contributed by atoms with van der Waals surface area (Å²) in [6.45, 7) is 0. The minimum absolute atomic E-state index is 0.414. The minimum atomic E-state index is 0.414. The summed E-state index contributed by atoms with van der Waals surface area (Å²) in [5, 5.41) is 0. The van der Waals surface area contributed by atoms with Crippen molar-refractivity contribution in [3.63, 3.8) is 0 Å². The van der Waals surface area contributed by atoms with E-state index in [1.54, 1.807) is 0 Å². The molecule has 0 saturated carbocycles. The van der Waals surface area contributed by atoms with Gasteiger partial charge in [-0.2, -0.15) is 0 Å². The first-order valence-corrected chi connectivity index (χ1v) is 6.24. The van der Waals surface area contributed by atoms with E-state index >= 15 is 0 Å². The molecule has 2 heteroatoms. The van der Waals surface area contributed by atoms with Crippen LogP contribution in [0.3, 0.4) is 0 Å². The van der Waals surface area contributed by atoms with Crippen LogP contribution in [0, 0.1) is 0 Å². The average molecular weight is 232 g/mol. The van der Waals surface area contributed by atoms with Crippen molar-refractivity contribution in [1.29, 1.82) is 0 Å². The van der Waals surface area contributed by atoms with Crippen molar-refractivity contribution in [1.82, 2.24) is 0 Å². The quantitative estimate of drug-likeness (QED) is 0.687. The van der Waals surface area contributed by atoms with Crippen LogP contribution in [0.5, 0.6) is 0 Å². The number of benzene rings is 1. The molecule has 0 amide bonds. The molecule has 0 fully saturated rings. The van der Waals surface area contributed by atoms with Gasteiger partial charge in [0.05, 0.1) is 0 Å². The molecule has 0 bridgehead atoms. The summed E-state index contributed by atoms with van der Waals surface area (Å²) in [6.07, 6.45) is 2.02. The van der Waals surface area contributed by atoms with Crippen LogP contribution in [0.4, 0.5) is 0 Å². The molecule has 0 saturated heterocycles. The Bertz CT molecular complexity index is 241. The molecular weight excluding hydrogens is 223 g/mol. The molecule has 0 radical (unpaired) electrons. The summed E-state index contributed by atoms with van der Waals surface area (Å²) in [5.41, 5.74) is 1.18. The Morgan fingerprint density at radius 2 is 2.00 bits per heavy atom. The van der Waals surface area contributed by atoms with Gasteiger partial charge in [0.15, 0.2) is 0 Å². The third-order valence-corrected chi connectivity index (χ3v) is 3.25. The fraction of sp³-hybridized carbons (Fsp3) is 0.111. The van der Waals surface area contributed by atoms with Gasteiger partial charge < -0.3 is 0 Å². The maximum atomic E-state index is 5.89. The molecular formula is C9H9ClSe. The standard InChI is InChI=1S/C9H9ClSe/c1-11-9(10)7-8-5-3-2-4-6-8/h2-7H,1H3/b9-7-. The zero-order valence-corrected chi connectivity index (χ0v) is 8.72. The SMILES string of the molecule is C[Se]/C(Cl)=C\c1ccccc1. The third kappa shape index (κ3) is 3.11. The monoisotopic (exact) mass is 232 g/mol. The maximum absolute atomic E-state index is 5.89. The molecule has 0 atom stereocenters. The third-order valence-electron chi connectivity index (χ3n) is 1.27. The van der Waals surface area contributed by atoms with E-state index in [2.05, 4.69) is 5.82 Å². The molecule has 1 aromatic carbocycles. The second-order valence-corrected chi connectivity index (χ2v) is 4.76. The molecule has 58 valence electrons. The van der Waals surface area contributed by atoms with Gasteiger partial charge in [0, 0.05) is 0 Å². The van der Waals surface area contributed by atoms with Crippen molar-refractivity contribution in [3.8, 4) is 0 Å². The average Bonchev–Trinajstić information content (AvgIpc) is 2.06. The van der Waals surface area contributed by atoms with E-state index in [0.717, 1.165) is 3.93 Å². The molecule has 0 aliphatic carbocycles. The van der Waals surface area contributed by atoms with Crippen LogP contribution in [0.2, 0.25) is 5.82 Å². The molecule has 1 rings (SSSR count). The van der Waals surface area contributed by atoms with Gasteiger partial charge >= 0.3 is 78.3 Å². The summed E-state index contributed by atoms with van der Waals surface area (Å²) in [6, 6.07) is 10.1. The predicted molar refractivity (Wildman–Crippen MR) is 51.9 cm³/mol. The second-order valence-electron chi connectivity index (χ2n) is 2.06. The van der Waals surface area contributed by atoms with E-state index in [-0.39, 0.29) is 0 Å². The molecule has 0 N–H and O–H groups in total. The van der Waals surface area contributed by atoms with Crippen molar-refractivity contribution >= 4 is 32.6 Å². The molecule has 1 aromatic rings. The van der Waals surface area contributed by atoms with Gasteiger partial charge in [-0.15, -0.1) is 0 Å². The first kappa shape index (κ1) is 8.86. The first-order chi connectivity index (χ1) is 5.33. The van der Waals surface area contributed by atoms with Crippen LogP contribution in [0.1, 0.15) is 5.56 Å². The van der Waals surface area contributed by atoms with E-state index < -0.39 is 0 Å². The van der Waals surface area contributed by atoms with Crippen LogP contribution in [-0.4, -0.2) is 15.0 Å². The molecule has 0 aliphatic heterocycles. The van der Waals surface area contributed by atoms with Crippen LogP contribution in [0.15, 0.2) is 34.3 Å². The van der Waals surface area contributed by atoms with E-state index in [0.29, 0.717) is 15.0 Å².